The SMILES string of the molecule is O=C(NCc1nccnc1-c1ccoc1)[C@H]1CCCO1. The van der Waals surface area contributed by atoms with Crippen molar-refractivity contribution in [2.75, 3.05) is 6.61 Å². The zero-order chi connectivity index (χ0) is 13.8. The minimum absolute atomic E-state index is 0.0914. The van der Waals surface area contributed by atoms with Crippen LogP contribution in [0.3, 0.4) is 0 Å². The third-order valence-corrected chi connectivity index (χ3v) is 3.22. The molecule has 2 aromatic rings. The van der Waals surface area contributed by atoms with E-state index in [1.165, 1.54) is 0 Å². The zero-order valence-electron chi connectivity index (χ0n) is 10.9. The quantitative estimate of drug-likeness (QED) is 0.914. The largest absolute Gasteiger partial charge is 0.472 e. The summed E-state index contributed by atoms with van der Waals surface area (Å²) < 4.78 is 10.4. The molecule has 1 fully saturated rings. The lowest BCUT2D eigenvalue weighted by molar-refractivity contribution is -0.130. The summed E-state index contributed by atoms with van der Waals surface area (Å²) in [4.78, 5) is 20.5. The van der Waals surface area contributed by atoms with Gasteiger partial charge >= 0.3 is 0 Å². The Morgan fingerprint density at radius 1 is 1.40 bits per heavy atom. The molecule has 20 heavy (non-hydrogen) atoms. The fraction of sp³-hybridized carbons (Fsp3) is 0.357. The molecule has 1 N–H and O–H groups in total. The molecule has 6 heteroatoms. The molecule has 6 nitrogen and oxygen atoms in total. The lowest BCUT2D eigenvalue weighted by Gasteiger charge is -2.11. The van der Waals surface area contributed by atoms with E-state index >= 15 is 0 Å². The normalized spacial score (nSPS) is 18.1. The van der Waals surface area contributed by atoms with E-state index in [9.17, 15) is 4.79 Å². The lowest BCUT2D eigenvalue weighted by Crippen LogP contribution is -2.34. The second kappa shape index (κ2) is 5.83. The Bertz CT molecular complexity index is 577. The number of furan rings is 1. The summed E-state index contributed by atoms with van der Waals surface area (Å²) in [6.45, 7) is 0.983. The molecule has 0 bridgehead atoms. The van der Waals surface area contributed by atoms with Crippen LogP contribution in [0.25, 0.3) is 11.3 Å². The fourth-order valence-corrected chi connectivity index (χ4v) is 2.21. The standard InChI is InChI=1S/C14H15N3O3/c18-14(12-2-1-6-20-12)17-8-11-13(16-5-4-15-11)10-3-7-19-9-10/h3-5,7,9,12H,1-2,6,8H2,(H,17,18)/t12-/m1/s1. The predicted octanol–water partition coefficient (Wildman–Crippen LogP) is 1.53. The number of amides is 1. The molecule has 1 aliphatic rings. The van der Waals surface area contributed by atoms with Crippen molar-refractivity contribution < 1.29 is 13.9 Å². The molecule has 3 rings (SSSR count). The van der Waals surface area contributed by atoms with Gasteiger partial charge < -0.3 is 14.5 Å². The second-order valence-corrected chi connectivity index (χ2v) is 4.58. The molecular weight excluding hydrogens is 258 g/mol. The molecule has 1 amide bonds. The number of ether oxygens (including phenoxy) is 1. The van der Waals surface area contributed by atoms with Crippen LogP contribution in [0.4, 0.5) is 0 Å². The second-order valence-electron chi connectivity index (χ2n) is 4.58. The van der Waals surface area contributed by atoms with Gasteiger partial charge in [-0.15, -0.1) is 0 Å². The monoisotopic (exact) mass is 273 g/mol. The van der Waals surface area contributed by atoms with Gasteiger partial charge in [0, 0.05) is 24.6 Å². The summed E-state index contributed by atoms with van der Waals surface area (Å²) >= 11 is 0. The number of nitrogens with one attached hydrogen (secondary N) is 1. The van der Waals surface area contributed by atoms with Gasteiger partial charge in [-0.05, 0) is 18.9 Å². The van der Waals surface area contributed by atoms with Gasteiger partial charge in [-0.2, -0.15) is 0 Å². The van der Waals surface area contributed by atoms with Crippen LogP contribution in [0.15, 0.2) is 35.4 Å². The molecule has 0 spiro atoms. The zero-order valence-corrected chi connectivity index (χ0v) is 10.9. The summed E-state index contributed by atoms with van der Waals surface area (Å²) in [5.74, 6) is -0.0914. The van der Waals surface area contributed by atoms with Crippen molar-refractivity contribution in [2.24, 2.45) is 0 Å². The van der Waals surface area contributed by atoms with Crippen molar-refractivity contribution >= 4 is 5.91 Å². The van der Waals surface area contributed by atoms with E-state index in [1.807, 2.05) is 6.07 Å². The number of rotatable bonds is 4. The van der Waals surface area contributed by atoms with Gasteiger partial charge in [0.2, 0.25) is 5.91 Å². The maximum absolute atomic E-state index is 11.9. The molecule has 1 saturated heterocycles. The first kappa shape index (κ1) is 12.8. The molecule has 0 radical (unpaired) electrons. The Morgan fingerprint density at radius 3 is 3.05 bits per heavy atom. The number of nitrogens with zero attached hydrogens (tertiary/aromatic N) is 2. The summed E-state index contributed by atoms with van der Waals surface area (Å²) in [6.07, 6.45) is 7.80. The van der Waals surface area contributed by atoms with Gasteiger partial charge in [0.05, 0.1) is 30.5 Å². The van der Waals surface area contributed by atoms with Crippen molar-refractivity contribution in [2.45, 2.75) is 25.5 Å². The highest BCUT2D eigenvalue weighted by Gasteiger charge is 2.23. The van der Waals surface area contributed by atoms with E-state index in [1.54, 1.807) is 24.9 Å². The highest BCUT2D eigenvalue weighted by atomic mass is 16.5. The first-order valence-corrected chi connectivity index (χ1v) is 6.56. The predicted molar refractivity (Wildman–Crippen MR) is 70.6 cm³/mol. The first-order valence-electron chi connectivity index (χ1n) is 6.56. The van der Waals surface area contributed by atoms with Gasteiger partial charge in [-0.1, -0.05) is 0 Å². The Kier molecular flexibility index (Phi) is 3.73. The maximum Gasteiger partial charge on any atom is 0.249 e. The first-order chi connectivity index (χ1) is 9.84. The molecule has 0 unspecified atom stereocenters. The molecule has 0 saturated carbocycles. The van der Waals surface area contributed by atoms with E-state index in [2.05, 4.69) is 15.3 Å². The number of carbonyl (C=O) groups excluding carboxylic acids is 1. The van der Waals surface area contributed by atoms with Crippen LogP contribution in [0.2, 0.25) is 0 Å². The Morgan fingerprint density at radius 2 is 2.30 bits per heavy atom. The van der Waals surface area contributed by atoms with Crippen LogP contribution in [0, 0.1) is 0 Å². The van der Waals surface area contributed by atoms with Crippen LogP contribution >= 0.6 is 0 Å². The van der Waals surface area contributed by atoms with Crippen LogP contribution < -0.4 is 5.32 Å². The van der Waals surface area contributed by atoms with E-state index < -0.39 is 0 Å². The molecule has 1 atom stereocenters. The fourth-order valence-electron chi connectivity index (χ4n) is 2.21. The smallest absolute Gasteiger partial charge is 0.249 e. The van der Waals surface area contributed by atoms with Gasteiger partial charge in [-0.3, -0.25) is 14.8 Å². The maximum atomic E-state index is 11.9. The molecule has 2 aromatic heterocycles. The third-order valence-electron chi connectivity index (χ3n) is 3.22. The number of aromatic nitrogens is 2. The van der Waals surface area contributed by atoms with Crippen molar-refractivity contribution in [1.82, 2.24) is 15.3 Å². The van der Waals surface area contributed by atoms with E-state index in [4.69, 9.17) is 9.15 Å². The van der Waals surface area contributed by atoms with Crippen molar-refractivity contribution in [3.05, 3.63) is 36.7 Å². The Balaban J connectivity index is 1.70. The summed E-state index contributed by atoms with van der Waals surface area (Å²) in [7, 11) is 0. The minimum Gasteiger partial charge on any atom is -0.472 e. The Labute approximate surface area is 116 Å². The summed E-state index contributed by atoms with van der Waals surface area (Å²) in [5, 5.41) is 2.85. The van der Waals surface area contributed by atoms with Gasteiger partial charge in [-0.25, -0.2) is 0 Å². The summed E-state index contributed by atoms with van der Waals surface area (Å²) in [6, 6.07) is 1.81. The Hall–Kier alpha value is -2.21. The van der Waals surface area contributed by atoms with Crippen molar-refractivity contribution in [3.8, 4) is 11.3 Å². The molecule has 3 heterocycles. The molecule has 0 aromatic carbocycles. The highest BCUT2D eigenvalue weighted by Crippen LogP contribution is 2.20. The average Bonchev–Trinajstić information content (AvgIpc) is 3.17. The third kappa shape index (κ3) is 2.70. The van der Waals surface area contributed by atoms with Gasteiger partial charge in [0.1, 0.15) is 6.10 Å². The number of carbonyl (C=O) groups is 1. The minimum atomic E-state index is -0.330. The van der Waals surface area contributed by atoms with Gasteiger partial charge in [0.25, 0.3) is 0 Å². The number of hydrogen-bond acceptors (Lipinski definition) is 5. The van der Waals surface area contributed by atoms with Crippen molar-refractivity contribution in [1.29, 1.82) is 0 Å². The van der Waals surface area contributed by atoms with Crippen LogP contribution in [0.5, 0.6) is 0 Å². The average molecular weight is 273 g/mol. The molecular formula is C14H15N3O3. The highest BCUT2D eigenvalue weighted by molar-refractivity contribution is 5.81. The molecule has 104 valence electrons. The van der Waals surface area contributed by atoms with Crippen molar-refractivity contribution in [3.63, 3.8) is 0 Å². The topological polar surface area (TPSA) is 77.3 Å². The number of hydrogen-bond donors (Lipinski definition) is 1. The summed E-state index contributed by atoms with van der Waals surface area (Å²) in [5.41, 5.74) is 2.27. The molecule has 0 aliphatic carbocycles. The molecule has 1 aliphatic heterocycles. The lowest BCUT2D eigenvalue weighted by atomic mass is 10.2. The van der Waals surface area contributed by atoms with E-state index in [-0.39, 0.29) is 12.0 Å². The van der Waals surface area contributed by atoms with E-state index in [0.717, 1.165) is 18.4 Å². The van der Waals surface area contributed by atoms with Crippen LogP contribution in [0.1, 0.15) is 18.5 Å². The van der Waals surface area contributed by atoms with Crippen LogP contribution in [-0.2, 0) is 16.1 Å². The van der Waals surface area contributed by atoms with Crippen LogP contribution in [-0.4, -0.2) is 28.6 Å². The van der Waals surface area contributed by atoms with E-state index in [0.29, 0.717) is 24.5 Å². The van der Waals surface area contributed by atoms with Gasteiger partial charge in [0.15, 0.2) is 0 Å².